The maximum atomic E-state index is 9.08. The standard InChI is InChI=1S/C16H15N5OS/c1-10-13(7-17)15(18)21(20-10)8-11-9-23-16(19-11)12-5-3-4-6-14(12)22-2/h3-6,9H,8,18H2,1-2H3. The molecule has 0 saturated carbocycles. The van der Waals surface area contributed by atoms with E-state index in [1.165, 1.54) is 11.3 Å². The predicted octanol–water partition coefficient (Wildman–Crippen LogP) is 2.83. The minimum atomic E-state index is 0.372. The quantitative estimate of drug-likeness (QED) is 0.796. The van der Waals surface area contributed by atoms with Gasteiger partial charge in [0, 0.05) is 5.38 Å². The second kappa shape index (κ2) is 6.10. The Balaban J connectivity index is 1.90. The van der Waals surface area contributed by atoms with E-state index in [0.717, 1.165) is 22.0 Å². The van der Waals surface area contributed by atoms with Crippen molar-refractivity contribution in [1.82, 2.24) is 14.8 Å². The van der Waals surface area contributed by atoms with E-state index < -0.39 is 0 Å². The van der Waals surface area contributed by atoms with Crippen molar-refractivity contribution in [2.24, 2.45) is 0 Å². The average molecular weight is 325 g/mol. The SMILES string of the molecule is COc1ccccc1-c1nc(Cn2nc(C)c(C#N)c2N)cs1. The van der Waals surface area contributed by atoms with Gasteiger partial charge in [-0.05, 0) is 19.1 Å². The summed E-state index contributed by atoms with van der Waals surface area (Å²) in [5.41, 5.74) is 8.81. The third-order valence-corrected chi connectivity index (χ3v) is 4.40. The number of aromatic nitrogens is 3. The van der Waals surface area contributed by atoms with Crippen LogP contribution < -0.4 is 10.5 Å². The molecule has 0 fully saturated rings. The maximum absolute atomic E-state index is 9.08. The van der Waals surface area contributed by atoms with E-state index in [-0.39, 0.29) is 0 Å². The van der Waals surface area contributed by atoms with Gasteiger partial charge in [0.2, 0.25) is 0 Å². The second-order valence-corrected chi connectivity index (χ2v) is 5.82. The Hall–Kier alpha value is -2.85. The molecule has 0 aliphatic rings. The van der Waals surface area contributed by atoms with Crippen molar-refractivity contribution in [3.8, 4) is 22.4 Å². The monoisotopic (exact) mass is 325 g/mol. The third kappa shape index (κ3) is 2.76. The Morgan fingerprint density at radius 3 is 2.87 bits per heavy atom. The normalized spacial score (nSPS) is 10.5. The van der Waals surface area contributed by atoms with Crippen molar-refractivity contribution >= 4 is 17.2 Å². The highest BCUT2D eigenvalue weighted by atomic mass is 32.1. The third-order valence-electron chi connectivity index (χ3n) is 3.48. The molecule has 0 unspecified atom stereocenters. The van der Waals surface area contributed by atoms with Gasteiger partial charge in [-0.3, -0.25) is 0 Å². The van der Waals surface area contributed by atoms with E-state index in [1.54, 1.807) is 18.7 Å². The molecule has 0 bridgehead atoms. The Morgan fingerprint density at radius 2 is 2.17 bits per heavy atom. The summed E-state index contributed by atoms with van der Waals surface area (Å²) >= 11 is 1.54. The zero-order valence-electron chi connectivity index (χ0n) is 12.8. The molecule has 3 rings (SSSR count). The number of hydrogen-bond donors (Lipinski definition) is 1. The molecule has 0 amide bonds. The number of anilines is 1. The highest BCUT2D eigenvalue weighted by Gasteiger charge is 2.14. The summed E-state index contributed by atoms with van der Waals surface area (Å²) in [6.45, 7) is 2.20. The summed E-state index contributed by atoms with van der Waals surface area (Å²) < 4.78 is 6.98. The lowest BCUT2D eigenvalue weighted by Gasteiger charge is -2.04. The van der Waals surface area contributed by atoms with Gasteiger partial charge in [0.15, 0.2) is 0 Å². The number of nitrogens with zero attached hydrogens (tertiary/aromatic N) is 4. The van der Waals surface area contributed by atoms with Crippen molar-refractivity contribution in [2.45, 2.75) is 13.5 Å². The molecule has 116 valence electrons. The van der Waals surface area contributed by atoms with Crippen LogP contribution in [-0.2, 0) is 6.54 Å². The van der Waals surface area contributed by atoms with Crippen molar-refractivity contribution in [2.75, 3.05) is 12.8 Å². The van der Waals surface area contributed by atoms with Crippen LogP contribution >= 0.6 is 11.3 Å². The molecule has 0 atom stereocenters. The van der Waals surface area contributed by atoms with E-state index in [9.17, 15) is 0 Å². The van der Waals surface area contributed by atoms with E-state index in [2.05, 4.69) is 16.2 Å². The molecule has 0 aliphatic carbocycles. The van der Waals surface area contributed by atoms with Crippen LogP contribution in [0, 0.1) is 18.3 Å². The highest BCUT2D eigenvalue weighted by molar-refractivity contribution is 7.13. The van der Waals surface area contributed by atoms with Gasteiger partial charge < -0.3 is 10.5 Å². The van der Waals surface area contributed by atoms with Gasteiger partial charge in [-0.1, -0.05) is 12.1 Å². The fraction of sp³-hybridized carbons (Fsp3) is 0.188. The van der Waals surface area contributed by atoms with Gasteiger partial charge in [-0.2, -0.15) is 10.4 Å². The fourth-order valence-electron chi connectivity index (χ4n) is 2.34. The number of nitrogen functional groups attached to an aromatic ring is 1. The Kier molecular flexibility index (Phi) is 4.00. The number of hydrogen-bond acceptors (Lipinski definition) is 6. The number of nitriles is 1. The van der Waals surface area contributed by atoms with Crippen molar-refractivity contribution in [3.63, 3.8) is 0 Å². The molecular weight excluding hydrogens is 310 g/mol. The second-order valence-electron chi connectivity index (χ2n) is 4.96. The molecule has 1 aromatic carbocycles. The zero-order valence-corrected chi connectivity index (χ0v) is 13.6. The first-order valence-corrected chi connectivity index (χ1v) is 7.82. The molecule has 0 saturated heterocycles. The topological polar surface area (TPSA) is 89.8 Å². The highest BCUT2D eigenvalue weighted by Crippen LogP contribution is 2.32. The van der Waals surface area contributed by atoms with Crippen molar-refractivity contribution < 1.29 is 4.74 Å². The van der Waals surface area contributed by atoms with E-state index >= 15 is 0 Å². The number of thiazole rings is 1. The number of ether oxygens (including phenoxy) is 1. The van der Waals surface area contributed by atoms with E-state index in [4.69, 9.17) is 15.7 Å². The first-order chi connectivity index (χ1) is 11.1. The van der Waals surface area contributed by atoms with Crippen LogP contribution in [0.3, 0.4) is 0 Å². The van der Waals surface area contributed by atoms with Crippen LogP contribution in [0.1, 0.15) is 17.0 Å². The van der Waals surface area contributed by atoms with Crippen LogP contribution in [0.4, 0.5) is 5.82 Å². The van der Waals surface area contributed by atoms with Gasteiger partial charge in [-0.25, -0.2) is 9.67 Å². The number of nitrogens with two attached hydrogens (primary N) is 1. The van der Waals surface area contributed by atoms with Crippen molar-refractivity contribution in [1.29, 1.82) is 5.26 Å². The molecule has 3 aromatic rings. The molecule has 7 heteroatoms. The van der Waals surface area contributed by atoms with Crippen LogP contribution in [0.15, 0.2) is 29.6 Å². The summed E-state index contributed by atoms with van der Waals surface area (Å²) in [6, 6.07) is 9.83. The molecular formula is C16H15N5OS. The first kappa shape index (κ1) is 15.1. The van der Waals surface area contributed by atoms with Crippen LogP contribution in [0.2, 0.25) is 0 Å². The Morgan fingerprint density at radius 1 is 1.39 bits per heavy atom. The summed E-state index contributed by atoms with van der Waals surface area (Å²) in [6.07, 6.45) is 0. The van der Waals surface area contributed by atoms with Gasteiger partial charge in [0.1, 0.15) is 28.2 Å². The van der Waals surface area contributed by atoms with Crippen molar-refractivity contribution in [3.05, 3.63) is 46.6 Å². The minimum absolute atomic E-state index is 0.372. The van der Waals surface area contributed by atoms with Crippen LogP contribution in [-0.4, -0.2) is 21.9 Å². The number of rotatable bonds is 4. The number of para-hydroxylation sites is 1. The minimum Gasteiger partial charge on any atom is -0.496 e. The molecule has 23 heavy (non-hydrogen) atoms. The van der Waals surface area contributed by atoms with E-state index in [1.807, 2.05) is 29.6 Å². The van der Waals surface area contributed by atoms with Gasteiger partial charge in [0.05, 0.1) is 30.6 Å². The molecule has 6 nitrogen and oxygen atoms in total. The first-order valence-electron chi connectivity index (χ1n) is 6.94. The summed E-state index contributed by atoms with van der Waals surface area (Å²) in [7, 11) is 1.64. The molecule has 0 spiro atoms. The molecule has 0 radical (unpaired) electrons. The summed E-state index contributed by atoms with van der Waals surface area (Å²) in [5.74, 6) is 1.16. The smallest absolute Gasteiger partial charge is 0.140 e. The number of aryl methyl sites for hydroxylation is 1. The summed E-state index contributed by atoms with van der Waals surface area (Å²) in [5, 5.41) is 16.2. The summed E-state index contributed by atoms with van der Waals surface area (Å²) in [4.78, 5) is 4.63. The van der Waals surface area contributed by atoms with Crippen LogP contribution in [0.25, 0.3) is 10.6 Å². The number of methoxy groups -OCH3 is 1. The maximum Gasteiger partial charge on any atom is 0.140 e. The van der Waals surface area contributed by atoms with E-state index in [0.29, 0.717) is 23.6 Å². The lowest BCUT2D eigenvalue weighted by Crippen LogP contribution is -2.06. The van der Waals surface area contributed by atoms with Crippen LogP contribution in [0.5, 0.6) is 5.75 Å². The lowest BCUT2D eigenvalue weighted by molar-refractivity contribution is 0.416. The van der Waals surface area contributed by atoms with Gasteiger partial charge in [-0.15, -0.1) is 11.3 Å². The van der Waals surface area contributed by atoms with Gasteiger partial charge in [0.25, 0.3) is 0 Å². The molecule has 2 N–H and O–H groups in total. The predicted molar refractivity (Wildman–Crippen MR) is 89.3 cm³/mol. The Labute approximate surface area is 137 Å². The molecule has 2 aromatic heterocycles. The number of benzene rings is 1. The lowest BCUT2D eigenvalue weighted by atomic mass is 10.2. The molecule has 0 aliphatic heterocycles. The largest absolute Gasteiger partial charge is 0.496 e. The fourth-order valence-corrected chi connectivity index (χ4v) is 3.18. The molecule has 2 heterocycles. The van der Waals surface area contributed by atoms with Gasteiger partial charge >= 0.3 is 0 Å². The average Bonchev–Trinajstić information content (AvgIpc) is 3.12. The zero-order chi connectivity index (χ0) is 16.4. The Bertz CT molecular complexity index is 890.